The SMILES string of the molecule is CCNC(=NCc1ccccc1OCC)NCCNC(=O)c1cccc(OC)c1.I. The topological polar surface area (TPSA) is 84.0 Å². The van der Waals surface area contributed by atoms with Gasteiger partial charge in [-0.25, -0.2) is 4.99 Å². The average Bonchev–Trinajstić information content (AvgIpc) is 2.75. The van der Waals surface area contributed by atoms with Gasteiger partial charge in [-0.1, -0.05) is 24.3 Å². The normalized spacial score (nSPS) is 10.6. The van der Waals surface area contributed by atoms with E-state index in [4.69, 9.17) is 9.47 Å². The second-order valence-corrected chi connectivity index (χ2v) is 6.15. The Morgan fingerprint density at radius 1 is 1.00 bits per heavy atom. The minimum Gasteiger partial charge on any atom is -0.497 e. The predicted octanol–water partition coefficient (Wildman–Crippen LogP) is 3.20. The van der Waals surface area contributed by atoms with E-state index in [1.54, 1.807) is 31.4 Å². The molecule has 0 radical (unpaired) electrons. The number of halogens is 1. The van der Waals surface area contributed by atoms with Crippen LogP contribution in [0.5, 0.6) is 11.5 Å². The summed E-state index contributed by atoms with van der Waals surface area (Å²) in [7, 11) is 1.58. The maximum Gasteiger partial charge on any atom is 0.251 e. The Morgan fingerprint density at radius 2 is 1.77 bits per heavy atom. The van der Waals surface area contributed by atoms with Crippen molar-refractivity contribution in [3.8, 4) is 11.5 Å². The molecule has 2 aromatic rings. The molecule has 1 amide bonds. The molecular weight excluding hydrogens is 495 g/mol. The fourth-order valence-corrected chi connectivity index (χ4v) is 2.66. The Hall–Kier alpha value is -2.49. The number of nitrogens with zero attached hydrogens (tertiary/aromatic N) is 1. The molecule has 0 unspecified atom stereocenters. The molecule has 30 heavy (non-hydrogen) atoms. The minimum absolute atomic E-state index is 0. The fraction of sp³-hybridized carbons (Fsp3) is 0.364. The third-order valence-corrected chi connectivity index (χ3v) is 4.06. The molecule has 164 valence electrons. The molecule has 0 aliphatic carbocycles. The number of aliphatic imine (C=N–C) groups is 1. The van der Waals surface area contributed by atoms with Gasteiger partial charge in [0.15, 0.2) is 5.96 Å². The first kappa shape index (κ1) is 25.5. The van der Waals surface area contributed by atoms with E-state index in [0.717, 1.165) is 17.9 Å². The first-order chi connectivity index (χ1) is 14.2. The quantitative estimate of drug-likeness (QED) is 0.192. The Labute approximate surface area is 195 Å². The lowest BCUT2D eigenvalue weighted by atomic mass is 10.2. The average molecular weight is 526 g/mol. The highest BCUT2D eigenvalue weighted by Crippen LogP contribution is 2.18. The molecular formula is C22H31IN4O3. The van der Waals surface area contributed by atoms with Crippen LogP contribution in [0.4, 0.5) is 0 Å². The van der Waals surface area contributed by atoms with Crippen molar-refractivity contribution < 1.29 is 14.3 Å². The lowest BCUT2D eigenvalue weighted by Crippen LogP contribution is -2.41. The van der Waals surface area contributed by atoms with Crippen LogP contribution in [0, 0.1) is 0 Å². The van der Waals surface area contributed by atoms with Gasteiger partial charge in [-0.05, 0) is 38.1 Å². The van der Waals surface area contributed by atoms with Crippen molar-refractivity contribution in [2.24, 2.45) is 4.99 Å². The number of rotatable bonds is 10. The third-order valence-electron chi connectivity index (χ3n) is 4.06. The molecule has 2 aromatic carbocycles. The molecule has 8 heteroatoms. The molecule has 7 nitrogen and oxygen atoms in total. The standard InChI is InChI=1S/C22H30N4O3.HI/c1-4-23-22(26-16-18-9-6-7-12-20(18)29-5-2)25-14-13-24-21(27)17-10-8-11-19(15-17)28-3;/h6-12,15H,4-5,13-14,16H2,1-3H3,(H,24,27)(H2,23,25,26);1H. The van der Waals surface area contributed by atoms with Crippen molar-refractivity contribution in [2.75, 3.05) is 33.4 Å². The summed E-state index contributed by atoms with van der Waals surface area (Å²) in [4.78, 5) is 16.8. The lowest BCUT2D eigenvalue weighted by molar-refractivity contribution is 0.0954. The van der Waals surface area contributed by atoms with E-state index in [0.29, 0.717) is 43.5 Å². The number of guanidine groups is 1. The van der Waals surface area contributed by atoms with E-state index in [-0.39, 0.29) is 29.9 Å². The van der Waals surface area contributed by atoms with Crippen molar-refractivity contribution in [2.45, 2.75) is 20.4 Å². The first-order valence-corrected chi connectivity index (χ1v) is 9.83. The summed E-state index contributed by atoms with van der Waals surface area (Å²) in [6.45, 7) is 6.86. The lowest BCUT2D eigenvalue weighted by Gasteiger charge is -2.13. The van der Waals surface area contributed by atoms with E-state index < -0.39 is 0 Å². The molecule has 3 N–H and O–H groups in total. The van der Waals surface area contributed by atoms with Gasteiger partial charge in [0.05, 0.1) is 20.3 Å². The summed E-state index contributed by atoms with van der Waals surface area (Å²) in [5.74, 6) is 2.05. The van der Waals surface area contributed by atoms with Crippen molar-refractivity contribution in [3.05, 3.63) is 59.7 Å². The highest BCUT2D eigenvalue weighted by Gasteiger charge is 2.06. The number of carbonyl (C=O) groups excluding carboxylic acids is 1. The van der Waals surface area contributed by atoms with E-state index in [1.165, 1.54) is 0 Å². The minimum atomic E-state index is -0.140. The second kappa shape index (κ2) is 14.5. The molecule has 0 atom stereocenters. The summed E-state index contributed by atoms with van der Waals surface area (Å²) in [5.41, 5.74) is 1.59. The van der Waals surface area contributed by atoms with Crippen LogP contribution in [0.1, 0.15) is 29.8 Å². The molecule has 0 saturated heterocycles. The summed E-state index contributed by atoms with van der Waals surface area (Å²) in [6.07, 6.45) is 0. The Balaban J connectivity index is 0.00000450. The van der Waals surface area contributed by atoms with Gasteiger partial charge in [0, 0.05) is 30.8 Å². The predicted molar refractivity (Wildman–Crippen MR) is 131 cm³/mol. The zero-order valence-electron chi connectivity index (χ0n) is 17.7. The third kappa shape index (κ3) is 8.48. The van der Waals surface area contributed by atoms with Gasteiger partial charge in [0.1, 0.15) is 11.5 Å². The van der Waals surface area contributed by atoms with Gasteiger partial charge in [-0.15, -0.1) is 24.0 Å². The number of hydrogen-bond acceptors (Lipinski definition) is 4. The molecule has 0 aliphatic rings. The number of para-hydroxylation sites is 1. The van der Waals surface area contributed by atoms with Crippen LogP contribution >= 0.6 is 24.0 Å². The van der Waals surface area contributed by atoms with Gasteiger partial charge < -0.3 is 25.4 Å². The molecule has 0 saturated carbocycles. The van der Waals surface area contributed by atoms with Crippen LogP contribution in [0.3, 0.4) is 0 Å². The van der Waals surface area contributed by atoms with E-state index in [2.05, 4.69) is 20.9 Å². The van der Waals surface area contributed by atoms with Crippen LogP contribution in [-0.2, 0) is 6.54 Å². The number of carbonyl (C=O) groups is 1. The van der Waals surface area contributed by atoms with Gasteiger partial charge in [0.2, 0.25) is 0 Å². The molecule has 0 heterocycles. The molecule has 2 rings (SSSR count). The smallest absolute Gasteiger partial charge is 0.251 e. The fourth-order valence-electron chi connectivity index (χ4n) is 2.66. The van der Waals surface area contributed by atoms with E-state index in [9.17, 15) is 4.79 Å². The van der Waals surface area contributed by atoms with Gasteiger partial charge in [0.25, 0.3) is 5.91 Å². The van der Waals surface area contributed by atoms with Crippen molar-refractivity contribution >= 4 is 35.8 Å². The molecule has 0 spiro atoms. The number of hydrogen-bond donors (Lipinski definition) is 3. The van der Waals surface area contributed by atoms with Crippen molar-refractivity contribution in [3.63, 3.8) is 0 Å². The zero-order valence-corrected chi connectivity index (χ0v) is 20.1. The zero-order chi connectivity index (χ0) is 20.9. The molecule has 0 bridgehead atoms. The number of amides is 1. The van der Waals surface area contributed by atoms with Gasteiger partial charge >= 0.3 is 0 Å². The van der Waals surface area contributed by atoms with Crippen LogP contribution in [0.25, 0.3) is 0 Å². The number of methoxy groups -OCH3 is 1. The second-order valence-electron chi connectivity index (χ2n) is 6.15. The van der Waals surface area contributed by atoms with Crippen LogP contribution in [-0.4, -0.2) is 45.2 Å². The van der Waals surface area contributed by atoms with Crippen molar-refractivity contribution in [1.82, 2.24) is 16.0 Å². The van der Waals surface area contributed by atoms with E-state index in [1.807, 2.05) is 38.1 Å². The Morgan fingerprint density at radius 3 is 2.50 bits per heavy atom. The van der Waals surface area contributed by atoms with Gasteiger partial charge in [-0.2, -0.15) is 0 Å². The highest BCUT2D eigenvalue weighted by molar-refractivity contribution is 14.0. The number of ether oxygens (including phenoxy) is 2. The van der Waals surface area contributed by atoms with Crippen LogP contribution in [0.15, 0.2) is 53.5 Å². The van der Waals surface area contributed by atoms with Crippen molar-refractivity contribution in [1.29, 1.82) is 0 Å². The molecule has 0 fully saturated rings. The van der Waals surface area contributed by atoms with Crippen LogP contribution < -0.4 is 25.4 Å². The number of nitrogens with one attached hydrogen (secondary N) is 3. The highest BCUT2D eigenvalue weighted by atomic mass is 127. The number of benzene rings is 2. The first-order valence-electron chi connectivity index (χ1n) is 9.83. The monoisotopic (exact) mass is 526 g/mol. The Kier molecular flexibility index (Phi) is 12.3. The van der Waals surface area contributed by atoms with Crippen LogP contribution in [0.2, 0.25) is 0 Å². The largest absolute Gasteiger partial charge is 0.497 e. The van der Waals surface area contributed by atoms with Gasteiger partial charge in [-0.3, -0.25) is 4.79 Å². The summed E-state index contributed by atoms with van der Waals surface area (Å²) < 4.78 is 10.8. The maximum atomic E-state index is 12.2. The van der Waals surface area contributed by atoms with E-state index >= 15 is 0 Å². The summed E-state index contributed by atoms with van der Waals surface area (Å²) >= 11 is 0. The molecule has 0 aliphatic heterocycles. The molecule has 0 aromatic heterocycles. The summed E-state index contributed by atoms with van der Waals surface area (Å²) in [6, 6.07) is 14.9. The Bertz CT molecular complexity index is 814. The maximum absolute atomic E-state index is 12.2. The summed E-state index contributed by atoms with van der Waals surface area (Å²) in [5, 5.41) is 9.33.